The summed E-state index contributed by atoms with van der Waals surface area (Å²) in [6, 6.07) is 3.25. The lowest BCUT2D eigenvalue weighted by Gasteiger charge is -2.33. The Kier molecular flexibility index (Phi) is 8.21. The molecule has 0 aliphatic carbocycles. The molecule has 11 heteroatoms. The van der Waals surface area contributed by atoms with Crippen LogP contribution in [-0.4, -0.2) is 91.1 Å². The largest absolute Gasteiger partial charge is 0.379 e. The van der Waals surface area contributed by atoms with Gasteiger partial charge in [-0.2, -0.15) is 0 Å². The van der Waals surface area contributed by atoms with E-state index in [2.05, 4.69) is 15.5 Å². The van der Waals surface area contributed by atoms with Gasteiger partial charge in [-0.3, -0.25) is 19.4 Å². The molecule has 4 amide bonds. The molecule has 3 aliphatic heterocycles. The first-order valence-corrected chi connectivity index (χ1v) is 12.7. The third-order valence-electron chi connectivity index (χ3n) is 6.74. The van der Waals surface area contributed by atoms with Gasteiger partial charge in [-0.15, -0.1) is 0 Å². The van der Waals surface area contributed by atoms with Gasteiger partial charge < -0.3 is 20.3 Å². The molecule has 35 heavy (non-hydrogen) atoms. The van der Waals surface area contributed by atoms with Gasteiger partial charge in [0, 0.05) is 36.2 Å². The lowest BCUT2D eigenvalue weighted by molar-refractivity contribution is -0.135. The molecule has 190 valence electrons. The summed E-state index contributed by atoms with van der Waals surface area (Å²) in [7, 11) is 0. The van der Waals surface area contributed by atoms with Crippen LogP contribution in [0.3, 0.4) is 0 Å². The lowest BCUT2D eigenvalue weighted by atomic mass is 9.95. The average molecular weight is 524 g/mol. The normalized spacial score (nSPS) is 21.8. The van der Waals surface area contributed by atoms with E-state index in [1.807, 2.05) is 6.92 Å². The molecule has 3 heterocycles. The van der Waals surface area contributed by atoms with Crippen LogP contribution in [-0.2, 0) is 14.3 Å². The van der Waals surface area contributed by atoms with Crippen molar-refractivity contribution in [3.05, 3.63) is 45.1 Å². The zero-order valence-corrected chi connectivity index (χ0v) is 21.5. The minimum Gasteiger partial charge on any atom is -0.379 e. The number of morpholine rings is 1. The third kappa shape index (κ3) is 5.43. The van der Waals surface area contributed by atoms with E-state index >= 15 is 0 Å². The van der Waals surface area contributed by atoms with Crippen LogP contribution in [0.5, 0.6) is 0 Å². The highest BCUT2D eigenvalue weighted by Gasteiger charge is 2.46. The second-order valence-electron chi connectivity index (χ2n) is 8.86. The van der Waals surface area contributed by atoms with Crippen molar-refractivity contribution in [2.24, 2.45) is 0 Å². The molecule has 0 radical (unpaired) electrons. The molecule has 1 aromatic rings. The van der Waals surface area contributed by atoms with E-state index in [1.165, 1.54) is 4.90 Å². The Morgan fingerprint density at radius 1 is 1.26 bits per heavy atom. The zero-order valence-electron chi connectivity index (χ0n) is 20.0. The van der Waals surface area contributed by atoms with Gasteiger partial charge in [-0.25, -0.2) is 4.79 Å². The van der Waals surface area contributed by atoms with Crippen molar-refractivity contribution in [2.45, 2.75) is 32.4 Å². The Labute approximate surface area is 215 Å². The maximum absolute atomic E-state index is 13.6. The zero-order chi connectivity index (χ0) is 25.1. The number of benzene rings is 1. The number of rotatable bonds is 8. The van der Waals surface area contributed by atoms with Crippen LogP contribution in [0.15, 0.2) is 29.5 Å². The fourth-order valence-corrected chi connectivity index (χ4v) is 5.28. The van der Waals surface area contributed by atoms with Crippen LogP contribution >= 0.6 is 23.2 Å². The molecule has 0 bridgehead atoms. The summed E-state index contributed by atoms with van der Waals surface area (Å²) in [5.74, 6) is -0.506. The maximum atomic E-state index is 13.6. The molecule has 4 rings (SSSR count). The van der Waals surface area contributed by atoms with Crippen LogP contribution in [0.2, 0.25) is 10.0 Å². The fourth-order valence-electron chi connectivity index (χ4n) is 4.76. The molecule has 3 aliphatic rings. The van der Waals surface area contributed by atoms with Gasteiger partial charge in [0.15, 0.2) is 0 Å². The molecule has 2 N–H and O–H groups in total. The molecule has 0 aromatic heterocycles. The molecule has 0 saturated carbocycles. The van der Waals surface area contributed by atoms with E-state index in [-0.39, 0.29) is 24.4 Å². The van der Waals surface area contributed by atoms with Crippen LogP contribution in [0, 0.1) is 0 Å². The molecular formula is C24H31Cl2N5O4. The van der Waals surface area contributed by atoms with E-state index in [0.29, 0.717) is 40.0 Å². The highest BCUT2D eigenvalue weighted by atomic mass is 35.5. The van der Waals surface area contributed by atoms with Crippen LogP contribution in [0.4, 0.5) is 4.79 Å². The summed E-state index contributed by atoms with van der Waals surface area (Å²) in [4.78, 5) is 44.7. The number of nitrogens with zero attached hydrogens (tertiary/aromatic N) is 3. The van der Waals surface area contributed by atoms with Gasteiger partial charge in [0.1, 0.15) is 6.04 Å². The van der Waals surface area contributed by atoms with Gasteiger partial charge in [-0.05, 0) is 44.5 Å². The van der Waals surface area contributed by atoms with E-state index in [9.17, 15) is 14.4 Å². The predicted molar refractivity (Wildman–Crippen MR) is 133 cm³/mol. The van der Waals surface area contributed by atoms with Crippen molar-refractivity contribution < 1.29 is 19.1 Å². The second-order valence-corrected chi connectivity index (χ2v) is 9.70. The first kappa shape index (κ1) is 25.8. The Balaban J connectivity index is 1.45. The summed E-state index contributed by atoms with van der Waals surface area (Å²) in [6.45, 7) is 8.85. The number of nitrogens with one attached hydrogen (secondary N) is 2. The van der Waals surface area contributed by atoms with Gasteiger partial charge in [0.25, 0.3) is 5.91 Å². The molecule has 1 aromatic carbocycles. The monoisotopic (exact) mass is 523 g/mol. The summed E-state index contributed by atoms with van der Waals surface area (Å²) < 4.78 is 5.36. The molecular weight excluding hydrogens is 493 g/mol. The Bertz CT molecular complexity index is 1030. The second kappa shape index (κ2) is 11.2. The predicted octanol–water partition coefficient (Wildman–Crippen LogP) is 2.40. The summed E-state index contributed by atoms with van der Waals surface area (Å²) in [6.07, 6.45) is 0.820. The quantitative estimate of drug-likeness (QED) is 0.510. The standard InChI is InChI=1S/C24H31Cl2N5O4/c1-3-30-19-14-31(15(2)22(32)27-7-4-8-29-9-11-35-12-10-29)23(33)20(19)21(28-24(30)34)17-6-5-16(25)13-18(17)26/h5-6,13,15,21H,3-4,7-12,14H2,1-2H3,(H,27,32)(H,28,34). The lowest BCUT2D eigenvalue weighted by Crippen LogP contribution is -2.47. The first-order valence-electron chi connectivity index (χ1n) is 12.0. The van der Waals surface area contributed by atoms with Gasteiger partial charge in [-0.1, -0.05) is 29.3 Å². The van der Waals surface area contributed by atoms with E-state index in [1.54, 1.807) is 30.0 Å². The summed E-state index contributed by atoms with van der Waals surface area (Å²) >= 11 is 12.5. The molecule has 9 nitrogen and oxygen atoms in total. The Morgan fingerprint density at radius 2 is 2.00 bits per heavy atom. The van der Waals surface area contributed by atoms with Crippen molar-refractivity contribution in [1.82, 2.24) is 25.3 Å². The highest BCUT2D eigenvalue weighted by molar-refractivity contribution is 6.35. The topological polar surface area (TPSA) is 94.2 Å². The van der Waals surface area contributed by atoms with Crippen LogP contribution in [0.25, 0.3) is 0 Å². The average Bonchev–Trinajstić information content (AvgIpc) is 3.18. The molecule has 2 atom stereocenters. The number of ether oxygens (including phenoxy) is 1. The summed E-state index contributed by atoms with van der Waals surface area (Å²) in [5.41, 5.74) is 1.62. The summed E-state index contributed by atoms with van der Waals surface area (Å²) in [5, 5.41) is 6.67. The number of likely N-dealkylation sites (N-methyl/N-ethyl adjacent to an activating group) is 1. The minimum absolute atomic E-state index is 0.180. The van der Waals surface area contributed by atoms with Gasteiger partial charge in [0.05, 0.1) is 37.1 Å². The number of urea groups is 1. The molecule has 1 saturated heterocycles. The van der Waals surface area contributed by atoms with E-state index in [0.717, 1.165) is 39.3 Å². The van der Waals surface area contributed by atoms with E-state index < -0.39 is 12.1 Å². The third-order valence-corrected chi connectivity index (χ3v) is 7.30. The van der Waals surface area contributed by atoms with E-state index in [4.69, 9.17) is 27.9 Å². The van der Waals surface area contributed by atoms with Crippen molar-refractivity contribution in [3.8, 4) is 0 Å². The Hall–Kier alpha value is -2.33. The number of amides is 4. The van der Waals surface area contributed by atoms with Crippen molar-refractivity contribution in [3.63, 3.8) is 0 Å². The van der Waals surface area contributed by atoms with Crippen LogP contribution in [0.1, 0.15) is 31.9 Å². The Morgan fingerprint density at radius 3 is 2.69 bits per heavy atom. The number of hydrogen-bond acceptors (Lipinski definition) is 5. The number of carbonyl (C=O) groups is 3. The van der Waals surface area contributed by atoms with Gasteiger partial charge in [0.2, 0.25) is 5.91 Å². The SMILES string of the molecule is CCN1C(=O)NC(c2ccc(Cl)cc2Cl)C2=C1CN(C(C)C(=O)NCCCN1CCOCC1)C2=O. The highest BCUT2D eigenvalue weighted by Crippen LogP contribution is 2.39. The van der Waals surface area contributed by atoms with Crippen LogP contribution < -0.4 is 10.6 Å². The maximum Gasteiger partial charge on any atom is 0.322 e. The number of hydrogen-bond donors (Lipinski definition) is 2. The minimum atomic E-state index is -0.716. The molecule has 0 spiro atoms. The fraction of sp³-hybridized carbons (Fsp3) is 0.542. The first-order chi connectivity index (χ1) is 16.8. The van der Waals surface area contributed by atoms with Crippen molar-refractivity contribution >= 4 is 41.0 Å². The van der Waals surface area contributed by atoms with Crippen molar-refractivity contribution in [1.29, 1.82) is 0 Å². The van der Waals surface area contributed by atoms with Gasteiger partial charge >= 0.3 is 6.03 Å². The number of carbonyl (C=O) groups excluding carboxylic acids is 3. The smallest absolute Gasteiger partial charge is 0.322 e. The van der Waals surface area contributed by atoms with Crippen molar-refractivity contribution in [2.75, 3.05) is 52.5 Å². The number of halogens is 2. The molecule has 2 unspecified atom stereocenters. The molecule has 1 fully saturated rings.